The Morgan fingerprint density at radius 2 is 2.05 bits per heavy atom. The molecule has 0 radical (unpaired) electrons. The van der Waals surface area contributed by atoms with Gasteiger partial charge in [-0.3, -0.25) is 4.79 Å². The van der Waals surface area contributed by atoms with Crippen LogP contribution in [0.4, 0.5) is 5.69 Å². The van der Waals surface area contributed by atoms with Gasteiger partial charge in [0.05, 0.1) is 6.26 Å². The summed E-state index contributed by atoms with van der Waals surface area (Å²) in [6, 6.07) is 10.6. The molecule has 0 aliphatic carbocycles. The van der Waals surface area contributed by atoms with Crippen LogP contribution in [0.25, 0.3) is 0 Å². The van der Waals surface area contributed by atoms with Gasteiger partial charge in [0.15, 0.2) is 6.61 Å². The van der Waals surface area contributed by atoms with E-state index in [1.165, 1.54) is 0 Å². The molecule has 3 N–H and O–H groups in total. The lowest BCUT2D eigenvalue weighted by atomic mass is 10.3. The van der Waals surface area contributed by atoms with Gasteiger partial charge in [0.2, 0.25) is 0 Å². The topological polar surface area (TPSA) is 77.5 Å². The molecule has 2 rings (SSSR count). The average Bonchev–Trinajstić information content (AvgIpc) is 2.91. The Morgan fingerprint density at radius 3 is 2.74 bits per heavy atom. The number of nitrogens with two attached hydrogens (primary N) is 1. The third kappa shape index (κ3) is 4.39. The fourth-order valence-corrected chi connectivity index (χ4v) is 1.54. The smallest absolute Gasteiger partial charge is 0.257 e. The van der Waals surface area contributed by atoms with E-state index in [4.69, 9.17) is 14.9 Å². The van der Waals surface area contributed by atoms with Gasteiger partial charge in [0, 0.05) is 18.7 Å². The molecule has 1 heterocycles. The molecule has 100 valence electrons. The van der Waals surface area contributed by atoms with Crippen molar-refractivity contribution in [2.24, 2.45) is 0 Å². The Labute approximate surface area is 111 Å². The second-order valence-corrected chi connectivity index (χ2v) is 4.04. The van der Waals surface area contributed by atoms with Crippen molar-refractivity contribution in [3.8, 4) is 5.75 Å². The van der Waals surface area contributed by atoms with Gasteiger partial charge in [0.1, 0.15) is 11.5 Å². The molecule has 0 unspecified atom stereocenters. The first kappa shape index (κ1) is 13.0. The van der Waals surface area contributed by atoms with E-state index in [0.29, 0.717) is 24.4 Å². The quantitative estimate of drug-likeness (QED) is 0.773. The van der Waals surface area contributed by atoms with E-state index in [1.54, 1.807) is 30.5 Å². The van der Waals surface area contributed by atoms with Crippen molar-refractivity contribution in [1.29, 1.82) is 0 Å². The van der Waals surface area contributed by atoms with E-state index >= 15 is 0 Å². The maximum absolute atomic E-state index is 11.5. The number of nitrogens with one attached hydrogen (secondary N) is 1. The molecule has 0 bridgehead atoms. The third-order valence-electron chi connectivity index (χ3n) is 2.52. The minimum Gasteiger partial charge on any atom is -0.484 e. The van der Waals surface area contributed by atoms with E-state index in [2.05, 4.69) is 5.32 Å². The maximum atomic E-state index is 11.5. The number of hydrogen-bond acceptors (Lipinski definition) is 4. The van der Waals surface area contributed by atoms with Crippen LogP contribution in [0, 0.1) is 0 Å². The zero-order valence-corrected chi connectivity index (χ0v) is 10.5. The van der Waals surface area contributed by atoms with Crippen molar-refractivity contribution in [3.63, 3.8) is 0 Å². The number of carbonyl (C=O) groups is 1. The Bertz CT molecular complexity index is 506. The molecule has 0 spiro atoms. The highest BCUT2D eigenvalue weighted by Gasteiger charge is 2.03. The molecule has 0 aliphatic rings. The van der Waals surface area contributed by atoms with Crippen LogP contribution in [-0.4, -0.2) is 19.1 Å². The van der Waals surface area contributed by atoms with Crippen LogP contribution in [0.2, 0.25) is 0 Å². The predicted octanol–water partition coefficient (Wildman–Crippen LogP) is 1.60. The lowest BCUT2D eigenvalue weighted by molar-refractivity contribution is -0.123. The highest BCUT2D eigenvalue weighted by molar-refractivity contribution is 5.77. The minimum atomic E-state index is -0.164. The summed E-state index contributed by atoms with van der Waals surface area (Å²) in [4.78, 5) is 11.5. The van der Waals surface area contributed by atoms with E-state index in [1.807, 2.05) is 12.1 Å². The first-order valence-electron chi connectivity index (χ1n) is 6.01. The fraction of sp³-hybridized carbons (Fsp3) is 0.214. The number of furan rings is 1. The molecule has 0 fully saturated rings. The molecule has 5 heteroatoms. The highest BCUT2D eigenvalue weighted by atomic mass is 16.5. The monoisotopic (exact) mass is 260 g/mol. The number of ether oxygens (including phenoxy) is 1. The number of nitrogen functional groups attached to an aromatic ring is 1. The fourth-order valence-electron chi connectivity index (χ4n) is 1.54. The summed E-state index contributed by atoms with van der Waals surface area (Å²) < 4.78 is 10.5. The summed E-state index contributed by atoms with van der Waals surface area (Å²) in [7, 11) is 0. The van der Waals surface area contributed by atoms with Crippen LogP contribution in [0.15, 0.2) is 47.1 Å². The number of amides is 1. The molecule has 2 aromatic rings. The SMILES string of the molecule is Nc1ccc(OCC(=O)NCCc2ccco2)cc1. The van der Waals surface area contributed by atoms with Crippen LogP contribution in [0.3, 0.4) is 0 Å². The molecule has 5 nitrogen and oxygen atoms in total. The molecular weight excluding hydrogens is 244 g/mol. The number of anilines is 1. The van der Waals surface area contributed by atoms with E-state index < -0.39 is 0 Å². The molecular formula is C14H16N2O3. The Morgan fingerprint density at radius 1 is 1.26 bits per heavy atom. The summed E-state index contributed by atoms with van der Waals surface area (Å²) >= 11 is 0. The maximum Gasteiger partial charge on any atom is 0.257 e. The number of benzene rings is 1. The number of carbonyl (C=O) groups excluding carboxylic acids is 1. The van der Waals surface area contributed by atoms with Crippen LogP contribution in [0.1, 0.15) is 5.76 Å². The summed E-state index contributed by atoms with van der Waals surface area (Å²) in [5.74, 6) is 1.30. The normalized spacial score (nSPS) is 10.1. The Kier molecular flexibility index (Phi) is 4.44. The lowest BCUT2D eigenvalue weighted by Crippen LogP contribution is -2.30. The highest BCUT2D eigenvalue weighted by Crippen LogP contribution is 2.12. The van der Waals surface area contributed by atoms with E-state index in [0.717, 1.165) is 5.76 Å². The lowest BCUT2D eigenvalue weighted by Gasteiger charge is -2.07. The molecule has 1 amide bonds. The zero-order chi connectivity index (χ0) is 13.5. The van der Waals surface area contributed by atoms with E-state index in [-0.39, 0.29) is 12.5 Å². The van der Waals surface area contributed by atoms with Crippen molar-refractivity contribution in [1.82, 2.24) is 5.32 Å². The van der Waals surface area contributed by atoms with Crippen LogP contribution < -0.4 is 15.8 Å². The minimum absolute atomic E-state index is 0.0118. The van der Waals surface area contributed by atoms with Gasteiger partial charge in [-0.05, 0) is 36.4 Å². The molecule has 1 aromatic heterocycles. The van der Waals surface area contributed by atoms with Crippen molar-refractivity contribution < 1.29 is 13.9 Å². The van der Waals surface area contributed by atoms with Crippen molar-refractivity contribution in [3.05, 3.63) is 48.4 Å². The van der Waals surface area contributed by atoms with Crippen molar-refractivity contribution >= 4 is 11.6 Å². The van der Waals surface area contributed by atoms with Crippen LogP contribution in [-0.2, 0) is 11.2 Å². The molecule has 19 heavy (non-hydrogen) atoms. The van der Waals surface area contributed by atoms with Crippen molar-refractivity contribution in [2.75, 3.05) is 18.9 Å². The van der Waals surface area contributed by atoms with Crippen molar-refractivity contribution in [2.45, 2.75) is 6.42 Å². The number of rotatable bonds is 6. The third-order valence-corrected chi connectivity index (χ3v) is 2.52. The molecule has 0 saturated carbocycles. The van der Waals surface area contributed by atoms with Gasteiger partial charge in [-0.2, -0.15) is 0 Å². The summed E-state index contributed by atoms with van der Waals surface area (Å²) in [6.45, 7) is 0.513. The largest absolute Gasteiger partial charge is 0.484 e. The Hall–Kier alpha value is -2.43. The summed E-state index contributed by atoms with van der Waals surface area (Å²) in [5.41, 5.74) is 6.21. The second kappa shape index (κ2) is 6.49. The van der Waals surface area contributed by atoms with E-state index in [9.17, 15) is 4.79 Å². The van der Waals surface area contributed by atoms with Gasteiger partial charge < -0.3 is 20.2 Å². The Balaban J connectivity index is 1.65. The summed E-state index contributed by atoms with van der Waals surface area (Å²) in [5, 5.41) is 2.75. The first-order valence-corrected chi connectivity index (χ1v) is 6.01. The van der Waals surface area contributed by atoms with Gasteiger partial charge in [-0.25, -0.2) is 0 Å². The summed E-state index contributed by atoms with van der Waals surface area (Å²) in [6.07, 6.45) is 2.28. The molecule has 0 atom stereocenters. The molecule has 0 aliphatic heterocycles. The zero-order valence-electron chi connectivity index (χ0n) is 10.5. The van der Waals surface area contributed by atoms with Gasteiger partial charge in [-0.1, -0.05) is 0 Å². The molecule has 0 saturated heterocycles. The number of hydrogen-bond donors (Lipinski definition) is 2. The average molecular weight is 260 g/mol. The molecule has 1 aromatic carbocycles. The first-order chi connectivity index (χ1) is 9.24. The van der Waals surface area contributed by atoms with Gasteiger partial charge in [-0.15, -0.1) is 0 Å². The standard InChI is InChI=1S/C14H16N2O3/c15-11-3-5-13(6-4-11)19-10-14(17)16-8-7-12-2-1-9-18-12/h1-6,9H,7-8,10,15H2,(H,16,17). The van der Waals surface area contributed by atoms with Gasteiger partial charge in [0.25, 0.3) is 5.91 Å². The predicted molar refractivity (Wildman–Crippen MR) is 71.8 cm³/mol. The van der Waals surface area contributed by atoms with Crippen LogP contribution >= 0.6 is 0 Å². The van der Waals surface area contributed by atoms with Crippen LogP contribution in [0.5, 0.6) is 5.75 Å². The second-order valence-electron chi connectivity index (χ2n) is 4.04. The van der Waals surface area contributed by atoms with Gasteiger partial charge >= 0.3 is 0 Å².